The molecule has 0 unspecified atom stereocenters. The minimum atomic E-state index is -4.33. The number of aromatic nitrogens is 4. The summed E-state index contributed by atoms with van der Waals surface area (Å²) in [7, 11) is 0. The summed E-state index contributed by atoms with van der Waals surface area (Å²) in [5, 5.41) is 4.81. The van der Waals surface area contributed by atoms with Crippen molar-refractivity contribution in [1.82, 2.24) is 24.2 Å². The van der Waals surface area contributed by atoms with Gasteiger partial charge in [0.05, 0.1) is 12.2 Å². The van der Waals surface area contributed by atoms with Crippen molar-refractivity contribution >= 4 is 17.9 Å². The predicted octanol–water partition coefficient (Wildman–Crippen LogP) is 4.61. The number of pyridine rings is 1. The molecule has 0 spiro atoms. The van der Waals surface area contributed by atoms with Gasteiger partial charge in [-0.05, 0) is 55.4 Å². The van der Waals surface area contributed by atoms with Gasteiger partial charge in [0.2, 0.25) is 0 Å². The lowest BCUT2D eigenvalue weighted by Gasteiger charge is -2.36. The lowest BCUT2D eigenvalue weighted by Crippen LogP contribution is -2.47. The smallest absolute Gasteiger partial charge is 0.369 e. The van der Waals surface area contributed by atoms with Crippen LogP contribution in [0.15, 0.2) is 48.8 Å². The highest BCUT2D eigenvalue weighted by Crippen LogP contribution is 2.38. The van der Waals surface area contributed by atoms with Crippen LogP contribution in [0.25, 0.3) is 11.4 Å². The van der Waals surface area contributed by atoms with Crippen LogP contribution in [0.1, 0.15) is 24.4 Å². The number of alkyl halides is 3. The predicted molar refractivity (Wildman–Crippen MR) is 118 cm³/mol. The van der Waals surface area contributed by atoms with E-state index in [1.54, 1.807) is 18.5 Å². The molecule has 0 radical (unpaired) electrons. The number of nitrogens with zero attached hydrogens (tertiary/aromatic N) is 6. The molecule has 2 aliphatic rings. The first-order valence-corrected chi connectivity index (χ1v) is 11.1. The van der Waals surface area contributed by atoms with Crippen LogP contribution in [0.2, 0.25) is 0 Å². The molecule has 1 saturated carbocycles. The van der Waals surface area contributed by atoms with Crippen molar-refractivity contribution < 1.29 is 13.2 Å². The van der Waals surface area contributed by atoms with Gasteiger partial charge < -0.3 is 4.90 Å². The van der Waals surface area contributed by atoms with Gasteiger partial charge >= 0.3 is 6.18 Å². The van der Waals surface area contributed by atoms with Crippen LogP contribution >= 0.6 is 12.2 Å². The third kappa shape index (κ3) is 4.29. The van der Waals surface area contributed by atoms with Crippen LogP contribution in [-0.4, -0.2) is 50.4 Å². The maximum absolute atomic E-state index is 13.0. The van der Waals surface area contributed by atoms with Crippen LogP contribution < -0.4 is 4.90 Å². The van der Waals surface area contributed by atoms with Gasteiger partial charge in [-0.25, -0.2) is 4.68 Å². The maximum atomic E-state index is 13.0. The summed E-state index contributed by atoms with van der Waals surface area (Å²) >= 11 is 5.75. The summed E-state index contributed by atoms with van der Waals surface area (Å²) in [5.41, 5.74) is 0.934. The molecule has 0 N–H and O–H groups in total. The quantitative estimate of drug-likeness (QED) is 0.521. The largest absolute Gasteiger partial charge is 0.416 e. The summed E-state index contributed by atoms with van der Waals surface area (Å²) in [4.78, 5) is 8.44. The van der Waals surface area contributed by atoms with E-state index >= 15 is 0 Å². The summed E-state index contributed by atoms with van der Waals surface area (Å²) in [5.74, 6) is 0.841. The van der Waals surface area contributed by atoms with Crippen molar-refractivity contribution in [1.29, 1.82) is 0 Å². The second-order valence-corrected chi connectivity index (χ2v) is 8.61. The fraction of sp³-hybridized carbons (Fsp3) is 0.409. The van der Waals surface area contributed by atoms with Crippen LogP contribution in [0, 0.1) is 4.77 Å². The first kappa shape index (κ1) is 21.1. The first-order chi connectivity index (χ1) is 15.4. The van der Waals surface area contributed by atoms with Gasteiger partial charge in [-0.1, -0.05) is 6.07 Å². The highest BCUT2D eigenvalue weighted by Gasteiger charge is 2.32. The minimum Gasteiger partial charge on any atom is -0.369 e. The number of benzene rings is 1. The number of anilines is 1. The Morgan fingerprint density at radius 2 is 1.81 bits per heavy atom. The molecule has 1 saturated heterocycles. The maximum Gasteiger partial charge on any atom is 0.416 e. The van der Waals surface area contributed by atoms with E-state index in [4.69, 9.17) is 17.3 Å². The second-order valence-electron chi connectivity index (χ2n) is 8.24. The Balaban J connectivity index is 1.30. The van der Waals surface area contributed by atoms with Crippen molar-refractivity contribution in [2.24, 2.45) is 0 Å². The molecule has 5 rings (SSSR count). The van der Waals surface area contributed by atoms with Gasteiger partial charge in [0.25, 0.3) is 0 Å². The third-order valence-corrected chi connectivity index (χ3v) is 6.35. The summed E-state index contributed by atoms with van der Waals surface area (Å²) in [6.45, 7) is 3.29. The fourth-order valence-corrected chi connectivity index (χ4v) is 4.42. The lowest BCUT2D eigenvalue weighted by molar-refractivity contribution is -0.137. The Bertz CT molecular complexity index is 1140. The number of hydrogen-bond donors (Lipinski definition) is 0. The number of hydrogen-bond acceptors (Lipinski definition) is 5. The highest BCUT2D eigenvalue weighted by molar-refractivity contribution is 7.71. The van der Waals surface area contributed by atoms with Crippen LogP contribution in [0.3, 0.4) is 0 Å². The van der Waals surface area contributed by atoms with Crippen LogP contribution in [-0.2, 0) is 12.8 Å². The lowest BCUT2D eigenvalue weighted by atomic mass is 10.1. The van der Waals surface area contributed by atoms with Crippen molar-refractivity contribution in [3.05, 3.63) is 59.1 Å². The van der Waals surface area contributed by atoms with Crippen molar-refractivity contribution in [3.63, 3.8) is 0 Å². The Morgan fingerprint density at radius 1 is 1.03 bits per heavy atom. The van der Waals surface area contributed by atoms with E-state index in [0.717, 1.165) is 43.4 Å². The highest BCUT2D eigenvalue weighted by atomic mass is 32.1. The van der Waals surface area contributed by atoms with E-state index in [9.17, 15) is 13.2 Å². The monoisotopic (exact) mass is 460 g/mol. The first-order valence-electron chi connectivity index (χ1n) is 10.6. The molecule has 0 atom stereocenters. The SMILES string of the molecule is FC(F)(F)c1cccc(N2CCN(Cn3nc(-c4cccnc4)n(C4CC4)c3=S)CC2)c1. The van der Waals surface area contributed by atoms with Gasteiger partial charge in [0, 0.05) is 55.9 Å². The van der Waals surface area contributed by atoms with Crippen LogP contribution in [0.4, 0.5) is 18.9 Å². The molecule has 2 aromatic heterocycles. The molecule has 3 aromatic rings. The third-order valence-electron chi connectivity index (χ3n) is 5.95. The molecular formula is C22H23F3N6S. The number of halogens is 3. The zero-order chi connectivity index (χ0) is 22.3. The molecule has 168 valence electrons. The Kier molecular flexibility index (Phi) is 5.50. The second kappa shape index (κ2) is 8.32. The van der Waals surface area contributed by atoms with E-state index in [2.05, 4.69) is 14.5 Å². The standard InChI is InChI=1S/C22H23F3N6S/c23-22(24,25)17-4-1-5-19(13-17)29-11-9-28(10-12-29)15-30-21(32)31(18-6-7-18)20(27-30)16-3-2-8-26-14-16/h1-5,8,13-14,18H,6-7,9-12,15H2. The Morgan fingerprint density at radius 3 is 2.47 bits per heavy atom. The number of rotatable bonds is 5. The van der Waals surface area contributed by atoms with Gasteiger partial charge in [0.1, 0.15) is 0 Å². The normalized spacial score (nSPS) is 17.7. The Hall–Kier alpha value is -2.72. The average molecular weight is 461 g/mol. The van der Waals surface area contributed by atoms with Crippen molar-refractivity contribution in [2.45, 2.75) is 31.7 Å². The summed E-state index contributed by atoms with van der Waals surface area (Å²) in [6.07, 6.45) is 1.40. The minimum absolute atomic E-state index is 0.393. The van der Waals surface area contributed by atoms with Gasteiger partial charge in [-0.3, -0.25) is 14.5 Å². The van der Waals surface area contributed by atoms with E-state index in [-0.39, 0.29) is 0 Å². The van der Waals surface area contributed by atoms with E-state index in [1.807, 2.05) is 21.7 Å². The van der Waals surface area contributed by atoms with Gasteiger partial charge in [-0.2, -0.15) is 18.3 Å². The molecule has 32 heavy (non-hydrogen) atoms. The van der Waals surface area contributed by atoms with Crippen LogP contribution in [0.5, 0.6) is 0 Å². The fourth-order valence-electron chi connectivity index (χ4n) is 4.08. The summed E-state index contributed by atoms with van der Waals surface area (Å²) < 4.78 is 43.8. The Labute approximate surface area is 188 Å². The van der Waals surface area contributed by atoms with E-state index in [0.29, 0.717) is 36.3 Å². The molecule has 6 nitrogen and oxygen atoms in total. The molecular weight excluding hydrogens is 437 g/mol. The topological polar surface area (TPSA) is 42.1 Å². The van der Waals surface area contributed by atoms with E-state index in [1.165, 1.54) is 12.1 Å². The molecule has 3 heterocycles. The van der Waals surface area contributed by atoms with Crippen molar-refractivity contribution in [2.75, 3.05) is 31.1 Å². The zero-order valence-corrected chi connectivity index (χ0v) is 18.2. The zero-order valence-electron chi connectivity index (χ0n) is 17.4. The molecule has 1 aromatic carbocycles. The molecule has 2 fully saturated rings. The molecule has 10 heteroatoms. The van der Waals surface area contributed by atoms with Gasteiger partial charge in [-0.15, -0.1) is 0 Å². The number of piperazine rings is 1. The van der Waals surface area contributed by atoms with Crippen molar-refractivity contribution in [3.8, 4) is 11.4 Å². The molecule has 0 amide bonds. The molecule has 0 bridgehead atoms. The summed E-state index contributed by atoms with van der Waals surface area (Å²) in [6, 6.07) is 9.81. The molecule has 1 aliphatic heterocycles. The van der Waals surface area contributed by atoms with E-state index < -0.39 is 11.7 Å². The van der Waals surface area contributed by atoms with Gasteiger partial charge in [0.15, 0.2) is 10.6 Å². The molecule has 1 aliphatic carbocycles. The average Bonchev–Trinajstić information content (AvgIpc) is 3.58.